The Hall–Kier alpha value is -2.14. The summed E-state index contributed by atoms with van der Waals surface area (Å²) in [4.78, 5) is 26.7. The molecule has 1 fully saturated rings. The highest BCUT2D eigenvalue weighted by atomic mass is 16.5. The summed E-state index contributed by atoms with van der Waals surface area (Å²) in [6.07, 6.45) is 4.19. The van der Waals surface area contributed by atoms with Gasteiger partial charge in [-0.25, -0.2) is 0 Å². The largest absolute Gasteiger partial charge is 0.380 e. The maximum Gasteiger partial charge on any atom is 0.248 e. The number of methoxy groups -OCH3 is 1. The average molecular weight is 300 g/mol. The molecule has 116 valence electrons. The lowest BCUT2D eigenvalue weighted by molar-refractivity contribution is -0.119. The van der Waals surface area contributed by atoms with Crippen LogP contribution in [0.5, 0.6) is 0 Å². The molecule has 0 atom stereocenters. The van der Waals surface area contributed by atoms with Gasteiger partial charge < -0.3 is 15.0 Å². The second-order valence-corrected chi connectivity index (χ2v) is 5.82. The number of aromatic nitrogens is 1. The summed E-state index contributed by atoms with van der Waals surface area (Å²) in [7, 11) is 1.60. The van der Waals surface area contributed by atoms with E-state index in [0.29, 0.717) is 12.1 Å². The predicted molar refractivity (Wildman–Crippen MR) is 85.9 cm³/mol. The van der Waals surface area contributed by atoms with E-state index >= 15 is 0 Å². The first-order valence-corrected chi connectivity index (χ1v) is 7.63. The number of pyridine rings is 1. The number of hydrogen-bond donors (Lipinski definition) is 2. The van der Waals surface area contributed by atoms with E-state index in [1.165, 1.54) is 0 Å². The number of carbonyl (C=O) groups excluding carboxylic acids is 1. The van der Waals surface area contributed by atoms with Crippen molar-refractivity contribution in [2.45, 2.75) is 32.3 Å². The number of fused-ring (bicyclic) bond motifs is 1. The van der Waals surface area contributed by atoms with Gasteiger partial charge in [-0.3, -0.25) is 9.59 Å². The number of anilines is 1. The van der Waals surface area contributed by atoms with Gasteiger partial charge in [0.2, 0.25) is 11.5 Å². The molecule has 1 amide bonds. The Balaban J connectivity index is 1.89. The van der Waals surface area contributed by atoms with Crippen LogP contribution in [0.15, 0.2) is 29.1 Å². The lowest BCUT2D eigenvalue weighted by Crippen LogP contribution is -2.20. The van der Waals surface area contributed by atoms with Crippen LogP contribution in [0.3, 0.4) is 0 Å². The lowest BCUT2D eigenvalue weighted by Gasteiger charge is -2.12. The quantitative estimate of drug-likeness (QED) is 0.912. The van der Waals surface area contributed by atoms with Gasteiger partial charge in [-0.2, -0.15) is 0 Å². The lowest BCUT2D eigenvalue weighted by atomic mass is 10.1. The Bertz CT molecular complexity index is 745. The third-order valence-corrected chi connectivity index (χ3v) is 4.22. The van der Waals surface area contributed by atoms with Gasteiger partial charge in [-0.1, -0.05) is 18.9 Å². The van der Waals surface area contributed by atoms with Crippen LogP contribution in [0.2, 0.25) is 0 Å². The molecular formula is C17H20N2O3. The van der Waals surface area contributed by atoms with Gasteiger partial charge in [-0.05, 0) is 30.5 Å². The molecule has 1 heterocycles. The molecule has 22 heavy (non-hydrogen) atoms. The zero-order chi connectivity index (χ0) is 15.5. The standard InChI is InChI=1S/C17H20N2O3/c1-22-10-12-8-16(20)19-15-9-13(6-7-14(12)15)18-17(21)11-4-2-3-5-11/h6-9,11H,2-5,10H2,1H3,(H,18,21)(H,19,20). The van der Waals surface area contributed by atoms with Crippen molar-refractivity contribution in [2.75, 3.05) is 12.4 Å². The fraction of sp³-hybridized carbons (Fsp3) is 0.412. The van der Waals surface area contributed by atoms with Crippen LogP contribution < -0.4 is 10.9 Å². The van der Waals surface area contributed by atoms with Crippen LogP contribution >= 0.6 is 0 Å². The summed E-state index contributed by atoms with van der Waals surface area (Å²) in [6.45, 7) is 0.383. The first-order chi connectivity index (χ1) is 10.7. The van der Waals surface area contributed by atoms with Crippen LogP contribution in [-0.2, 0) is 16.1 Å². The number of nitrogens with one attached hydrogen (secondary N) is 2. The fourth-order valence-corrected chi connectivity index (χ4v) is 3.12. The van der Waals surface area contributed by atoms with Crippen LogP contribution in [-0.4, -0.2) is 18.0 Å². The number of aromatic amines is 1. The topological polar surface area (TPSA) is 71.2 Å². The molecule has 3 rings (SSSR count). The van der Waals surface area contributed by atoms with Crippen LogP contribution in [0.1, 0.15) is 31.2 Å². The fourth-order valence-electron chi connectivity index (χ4n) is 3.12. The highest BCUT2D eigenvalue weighted by Gasteiger charge is 2.22. The average Bonchev–Trinajstić information content (AvgIpc) is 3.01. The molecule has 0 spiro atoms. The number of rotatable bonds is 4. The van der Waals surface area contributed by atoms with Gasteiger partial charge in [0.15, 0.2) is 0 Å². The zero-order valence-electron chi connectivity index (χ0n) is 12.6. The SMILES string of the molecule is COCc1cc(=O)[nH]c2cc(NC(=O)C3CCCC3)ccc12. The van der Waals surface area contributed by atoms with Crippen molar-refractivity contribution in [3.05, 3.63) is 40.2 Å². The number of carbonyl (C=O) groups is 1. The van der Waals surface area contributed by atoms with Crippen molar-refractivity contribution in [3.63, 3.8) is 0 Å². The minimum Gasteiger partial charge on any atom is -0.380 e. The number of hydrogen-bond acceptors (Lipinski definition) is 3. The van der Waals surface area contributed by atoms with Crippen molar-refractivity contribution in [1.82, 2.24) is 4.98 Å². The molecule has 1 aliphatic rings. The van der Waals surface area contributed by atoms with Crippen LogP contribution in [0, 0.1) is 5.92 Å². The maximum absolute atomic E-state index is 12.2. The normalized spacial score (nSPS) is 15.3. The maximum atomic E-state index is 12.2. The second-order valence-electron chi connectivity index (χ2n) is 5.82. The summed E-state index contributed by atoms with van der Waals surface area (Å²) in [5.74, 6) is 0.196. The Kier molecular flexibility index (Phi) is 4.24. The van der Waals surface area contributed by atoms with Gasteiger partial charge in [0, 0.05) is 30.2 Å². The zero-order valence-corrected chi connectivity index (χ0v) is 12.6. The molecule has 0 radical (unpaired) electrons. The smallest absolute Gasteiger partial charge is 0.248 e. The van der Waals surface area contributed by atoms with E-state index in [-0.39, 0.29) is 17.4 Å². The first kappa shape index (κ1) is 14.8. The number of benzene rings is 1. The summed E-state index contributed by atoms with van der Waals surface area (Å²) < 4.78 is 5.13. The Morgan fingerprint density at radius 1 is 1.32 bits per heavy atom. The van der Waals surface area contributed by atoms with Crippen LogP contribution in [0.4, 0.5) is 5.69 Å². The van der Waals surface area contributed by atoms with Crippen molar-refractivity contribution in [3.8, 4) is 0 Å². The molecule has 1 aromatic heterocycles. The Labute approximate surface area is 128 Å². The van der Waals surface area contributed by atoms with Gasteiger partial charge in [0.25, 0.3) is 0 Å². The molecule has 5 heteroatoms. The summed E-state index contributed by atoms with van der Waals surface area (Å²) >= 11 is 0. The van der Waals surface area contributed by atoms with E-state index in [9.17, 15) is 9.59 Å². The highest BCUT2D eigenvalue weighted by Crippen LogP contribution is 2.27. The van der Waals surface area contributed by atoms with Gasteiger partial charge in [0.1, 0.15) is 0 Å². The summed E-state index contributed by atoms with van der Waals surface area (Å²) in [6, 6.07) is 7.13. The van der Waals surface area contributed by atoms with Crippen molar-refractivity contribution >= 4 is 22.5 Å². The highest BCUT2D eigenvalue weighted by molar-refractivity contribution is 5.95. The molecule has 2 aromatic rings. The molecule has 0 bridgehead atoms. The van der Waals surface area contributed by atoms with E-state index in [2.05, 4.69) is 10.3 Å². The Morgan fingerprint density at radius 3 is 2.82 bits per heavy atom. The number of amides is 1. The van der Waals surface area contributed by atoms with E-state index in [0.717, 1.165) is 42.3 Å². The van der Waals surface area contributed by atoms with Crippen molar-refractivity contribution in [2.24, 2.45) is 5.92 Å². The predicted octanol–water partition coefficient (Wildman–Crippen LogP) is 2.80. The van der Waals surface area contributed by atoms with Gasteiger partial charge in [0.05, 0.1) is 12.1 Å². The number of ether oxygens (including phenoxy) is 1. The second kappa shape index (κ2) is 6.32. The van der Waals surface area contributed by atoms with Crippen molar-refractivity contribution in [1.29, 1.82) is 0 Å². The minimum atomic E-state index is -0.168. The molecular weight excluding hydrogens is 280 g/mol. The molecule has 1 saturated carbocycles. The Morgan fingerprint density at radius 2 is 2.09 bits per heavy atom. The third-order valence-electron chi connectivity index (χ3n) is 4.22. The van der Waals surface area contributed by atoms with Gasteiger partial charge >= 0.3 is 0 Å². The van der Waals surface area contributed by atoms with E-state index < -0.39 is 0 Å². The van der Waals surface area contributed by atoms with Crippen LogP contribution in [0.25, 0.3) is 10.9 Å². The molecule has 1 aromatic carbocycles. The molecule has 0 aliphatic heterocycles. The minimum absolute atomic E-state index is 0.0762. The molecule has 2 N–H and O–H groups in total. The van der Waals surface area contributed by atoms with Crippen molar-refractivity contribution < 1.29 is 9.53 Å². The number of H-pyrrole nitrogens is 1. The van der Waals surface area contributed by atoms with E-state index in [1.54, 1.807) is 13.2 Å². The van der Waals surface area contributed by atoms with E-state index in [4.69, 9.17) is 4.74 Å². The monoisotopic (exact) mass is 300 g/mol. The third kappa shape index (κ3) is 3.04. The molecule has 0 saturated heterocycles. The molecule has 5 nitrogen and oxygen atoms in total. The van der Waals surface area contributed by atoms with E-state index in [1.807, 2.05) is 18.2 Å². The summed E-state index contributed by atoms with van der Waals surface area (Å²) in [5.41, 5.74) is 2.10. The summed E-state index contributed by atoms with van der Waals surface area (Å²) in [5, 5.41) is 3.89. The molecule has 0 unspecified atom stereocenters. The first-order valence-electron chi connectivity index (χ1n) is 7.63. The van der Waals surface area contributed by atoms with Gasteiger partial charge in [-0.15, -0.1) is 0 Å². The molecule has 1 aliphatic carbocycles.